The molecule has 4 aromatic rings. The van der Waals surface area contributed by atoms with Crippen molar-refractivity contribution in [3.63, 3.8) is 0 Å². The van der Waals surface area contributed by atoms with Crippen molar-refractivity contribution in [2.24, 2.45) is 11.5 Å². The minimum Gasteiger partial charge on any atom is -0.494 e. The van der Waals surface area contributed by atoms with Gasteiger partial charge in [0, 0.05) is 53.8 Å². The molecule has 1 aliphatic heterocycles. The number of benzene rings is 3. The Balaban J connectivity index is 1.56. The largest absolute Gasteiger partial charge is 0.494 e. The molecule has 4 N–H and O–H groups in total. The standard InChI is InChI=1S/C28H27FN4O4/c1-36-26-9-4-18(15-23(26)29)25-16-19-14-21(32-12-10-22(11-13-32)37-28(31)35)7-8-24(19)33(25)20-5-2-17(3-6-20)27(30)34/h2-9,14-16,22H,10-13H2,1H3,(H2,30,34)(H2,31,35). The van der Waals surface area contributed by atoms with E-state index in [0.29, 0.717) is 24.0 Å². The van der Waals surface area contributed by atoms with Gasteiger partial charge in [0.15, 0.2) is 11.6 Å². The molecule has 0 bridgehead atoms. The Bertz CT molecular complexity index is 1470. The van der Waals surface area contributed by atoms with Crippen molar-refractivity contribution in [2.45, 2.75) is 18.9 Å². The number of amides is 2. The van der Waals surface area contributed by atoms with E-state index in [0.717, 1.165) is 41.1 Å². The number of aromatic nitrogens is 1. The third-order valence-electron chi connectivity index (χ3n) is 6.73. The number of halogens is 1. The third-order valence-corrected chi connectivity index (χ3v) is 6.73. The highest BCUT2D eigenvalue weighted by molar-refractivity contribution is 5.94. The van der Waals surface area contributed by atoms with Crippen LogP contribution in [0.2, 0.25) is 0 Å². The van der Waals surface area contributed by atoms with Gasteiger partial charge < -0.3 is 30.4 Å². The van der Waals surface area contributed by atoms with Crippen LogP contribution >= 0.6 is 0 Å². The number of anilines is 1. The molecule has 1 fully saturated rings. The number of hydrogen-bond donors (Lipinski definition) is 2. The zero-order valence-corrected chi connectivity index (χ0v) is 20.3. The zero-order valence-electron chi connectivity index (χ0n) is 20.3. The number of rotatable bonds is 6. The number of piperidine rings is 1. The van der Waals surface area contributed by atoms with Crippen molar-refractivity contribution in [3.8, 4) is 22.7 Å². The first-order chi connectivity index (χ1) is 17.8. The van der Waals surface area contributed by atoms with Crippen LogP contribution < -0.4 is 21.1 Å². The van der Waals surface area contributed by atoms with E-state index >= 15 is 0 Å². The predicted octanol–water partition coefficient (Wildman–Crippen LogP) is 4.61. The maximum Gasteiger partial charge on any atom is 0.404 e. The lowest BCUT2D eigenvalue weighted by Crippen LogP contribution is -2.38. The summed E-state index contributed by atoms with van der Waals surface area (Å²) in [6, 6.07) is 20.1. The second-order valence-electron chi connectivity index (χ2n) is 8.99. The summed E-state index contributed by atoms with van der Waals surface area (Å²) in [6.45, 7) is 1.46. The molecule has 3 aromatic carbocycles. The molecular formula is C28H27FN4O4. The average molecular weight is 503 g/mol. The number of nitrogens with two attached hydrogens (primary N) is 2. The molecule has 0 atom stereocenters. The molecule has 0 saturated carbocycles. The minimum atomic E-state index is -0.743. The molecule has 5 rings (SSSR count). The number of nitrogens with zero attached hydrogens (tertiary/aromatic N) is 2. The van der Waals surface area contributed by atoms with E-state index in [1.807, 2.05) is 41.0 Å². The SMILES string of the molecule is COc1ccc(-c2cc3cc(N4CCC(OC(N)=O)CC4)ccc3n2-c2ccc(C(N)=O)cc2)cc1F. The van der Waals surface area contributed by atoms with Crippen LogP contribution in [0.15, 0.2) is 66.7 Å². The van der Waals surface area contributed by atoms with E-state index in [-0.39, 0.29) is 11.9 Å². The van der Waals surface area contributed by atoms with Crippen LogP contribution in [0, 0.1) is 5.82 Å². The van der Waals surface area contributed by atoms with Crippen LogP contribution in [0.5, 0.6) is 5.75 Å². The lowest BCUT2D eigenvalue weighted by Gasteiger charge is -2.33. The summed E-state index contributed by atoms with van der Waals surface area (Å²) in [7, 11) is 1.43. The van der Waals surface area contributed by atoms with E-state index < -0.39 is 17.8 Å². The molecule has 0 spiro atoms. The van der Waals surface area contributed by atoms with Gasteiger partial charge in [-0.2, -0.15) is 0 Å². The molecule has 1 aliphatic rings. The second kappa shape index (κ2) is 9.85. The smallest absolute Gasteiger partial charge is 0.404 e. The Morgan fingerprint density at radius 2 is 1.62 bits per heavy atom. The van der Waals surface area contributed by atoms with Gasteiger partial charge in [0.25, 0.3) is 0 Å². The normalized spacial score (nSPS) is 14.1. The van der Waals surface area contributed by atoms with Gasteiger partial charge in [-0.3, -0.25) is 4.79 Å². The van der Waals surface area contributed by atoms with Gasteiger partial charge in [-0.1, -0.05) is 0 Å². The summed E-state index contributed by atoms with van der Waals surface area (Å²) in [6.07, 6.45) is 0.487. The molecule has 0 radical (unpaired) electrons. The lowest BCUT2D eigenvalue weighted by atomic mass is 10.1. The van der Waals surface area contributed by atoms with E-state index in [1.54, 1.807) is 18.2 Å². The topological polar surface area (TPSA) is 113 Å². The molecule has 2 amide bonds. The van der Waals surface area contributed by atoms with Gasteiger partial charge in [0.05, 0.1) is 18.3 Å². The van der Waals surface area contributed by atoms with E-state index in [1.165, 1.54) is 13.2 Å². The Morgan fingerprint density at radius 3 is 2.24 bits per heavy atom. The monoisotopic (exact) mass is 502 g/mol. The first kappa shape index (κ1) is 24.2. The summed E-state index contributed by atoms with van der Waals surface area (Å²) < 4.78 is 26.9. The zero-order chi connectivity index (χ0) is 26.1. The first-order valence-corrected chi connectivity index (χ1v) is 11.9. The molecular weight excluding hydrogens is 475 g/mol. The summed E-state index contributed by atoms with van der Waals surface area (Å²) in [5, 5.41) is 0.971. The number of primary amides is 2. The predicted molar refractivity (Wildman–Crippen MR) is 140 cm³/mol. The third kappa shape index (κ3) is 4.80. The molecule has 0 unspecified atom stereocenters. The first-order valence-electron chi connectivity index (χ1n) is 11.9. The second-order valence-corrected chi connectivity index (χ2v) is 8.99. The van der Waals surface area contributed by atoms with Crippen LogP contribution in [0.25, 0.3) is 27.8 Å². The number of hydrogen-bond acceptors (Lipinski definition) is 5. The number of carbonyl (C=O) groups excluding carboxylic acids is 2. The summed E-state index contributed by atoms with van der Waals surface area (Å²) in [4.78, 5) is 24.9. The highest BCUT2D eigenvalue weighted by atomic mass is 19.1. The van der Waals surface area contributed by atoms with Crippen molar-refractivity contribution >= 4 is 28.6 Å². The van der Waals surface area contributed by atoms with Gasteiger partial charge in [0.2, 0.25) is 5.91 Å². The van der Waals surface area contributed by atoms with E-state index in [2.05, 4.69) is 11.0 Å². The average Bonchev–Trinajstić information content (AvgIpc) is 3.27. The van der Waals surface area contributed by atoms with E-state index in [9.17, 15) is 14.0 Å². The molecule has 37 heavy (non-hydrogen) atoms. The van der Waals surface area contributed by atoms with Crippen molar-refractivity contribution in [1.29, 1.82) is 0 Å². The lowest BCUT2D eigenvalue weighted by molar-refractivity contribution is 0.0912. The fourth-order valence-corrected chi connectivity index (χ4v) is 4.89. The quantitative estimate of drug-likeness (QED) is 0.400. The highest BCUT2D eigenvalue weighted by Crippen LogP contribution is 2.36. The molecule has 1 saturated heterocycles. The molecule has 2 heterocycles. The maximum atomic E-state index is 14.7. The van der Waals surface area contributed by atoms with Crippen molar-refractivity contribution in [1.82, 2.24) is 4.57 Å². The molecule has 8 nitrogen and oxygen atoms in total. The fraction of sp³-hybridized carbons (Fsp3) is 0.214. The Labute approximate surface area is 213 Å². The van der Waals surface area contributed by atoms with Gasteiger partial charge in [-0.25, -0.2) is 9.18 Å². The minimum absolute atomic E-state index is 0.168. The fourth-order valence-electron chi connectivity index (χ4n) is 4.89. The van der Waals surface area contributed by atoms with Crippen molar-refractivity contribution in [2.75, 3.05) is 25.1 Å². The Kier molecular flexibility index (Phi) is 6.43. The van der Waals surface area contributed by atoms with Gasteiger partial charge in [-0.15, -0.1) is 0 Å². The summed E-state index contributed by atoms with van der Waals surface area (Å²) in [5.74, 6) is -0.790. The molecule has 9 heteroatoms. The maximum absolute atomic E-state index is 14.7. The number of methoxy groups -OCH3 is 1. The number of carbonyl (C=O) groups is 2. The van der Waals surface area contributed by atoms with Gasteiger partial charge in [-0.05, 0) is 66.7 Å². The molecule has 1 aromatic heterocycles. The summed E-state index contributed by atoms with van der Waals surface area (Å²) in [5.41, 5.74) is 15.2. The van der Waals surface area contributed by atoms with Crippen LogP contribution in [0.3, 0.4) is 0 Å². The molecule has 190 valence electrons. The summed E-state index contributed by atoms with van der Waals surface area (Å²) >= 11 is 0. The van der Waals surface area contributed by atoms with Crippen LogP contribution in [-0.2, 0) is 4.74 Å². The van der Waals surface area contributed by atoms with Crippen molar-refractivity contribution < 1.29 is 23.5 Å². The van der Waals surface area contributed by atoms with Crippen LogP contribution in [0.1, 0.15) is 23.2 Å². The number of ether oxygens (including phenoxy) is 2. The van der Waals surface area contributed by atoms with Gasteiger partial charge >= 0.3 is 6.09 Å². The molecule has 0 aliphatic carbocycles. The van der Waals surface area contributed by atoms with E-state index in [4.69, 9.17) is 20.9 Å². The highest BCUT2D eigenvalue weighted by Gasteiger charge is 2.23. The number of fused-ring (bicyclic) bond motifs is 1. The Hall–Kier alpha value is -4.53. The van der Waals surface area contributed by atoms with Crippen molar-refractivity contribution in [3.05, 3.63) is 78.1 Å². The van der Waals surface area contributed by atoms with Crippen LogP contribution in [0.4, 0.5) is 14.9 Å². The van der Waals surface area contributed by atoms with Crippen LogP contribution in [-0.4, -0.2) is 42.9 Å². The van der Waals surface area contributed by atoms with Gasteiger partial charge in [0.1, 0.15) is 6.10 Å². The Morgan fingerprint density at radius 1 is 0.919 bits per heavy atom.